The highest BCUT2D eigenvalue weighted by molar-refractivity contribution is 7.89. The molecule has 1 heterocycles. The molecule has 0 unspecified atom stereocenters. The lowest BCUT2D eigenvalue weighted by atomic mass is 10.4. The van der Waals surface area contributed by atoms with E-state index in [0.717, 1.165) is 12.4 Å². The van der Waals surface area contributed by atoms with Gasteiger partial charge in [-0.3, -0.25) is 5.43 Å². The van der Waals surface area contributed by atoms with Crippen molar-refractivity contribution >= 4 is 16.0 Å². The molecule has 0 spiro atoms. The lowest BCUT2D eigenvalue weighted by Gasteiger charge is -2.08. The molecule has 0 saturated carbocycles. The van der Waals surface area contributed by atoms with Gasteiger partial charge in [-0.1, -0.05) is 0 Å². The number of hydrazine groups is 1. The summed E-state index contributed by atoms with van der Waals surface area (Å²) in [5, 5.41) is 0. The Morgan fingerprint density at radius 2 is 1.83 bits per heavy atom. The van der Waals surface area contributed by atoms with E-state index in [2.05, 4.69) is 15.4 Å². The van der Waals surface area contributed by atoms with Crippen molar-refractivity contribution < 1.29 is 21.6 Å². The van der Waals surface area contributed by atoms with Gasteiger partial charge in [-0.15, -0.1) is 0 Å². The fourth-order valence-corrected chi connectivity index (χ4v) is 1.86. The first-order valence-electron chi connectivity index (χ1n) is 4.60. The molecule has 0 fully saturated rings. The lowest BCUT2D eigenvalue weighted by molar-refractivity contribution is -0.132. The number of nitrogens with one attached hydrogen (secondary N) is 2. The van der Waals surface area contributed by atoms with Gasteiger partial charge in [0.2, 0.25) is 16.0 Å². The van der Waals surface area contributed by atoms with Gasteiger partial charge in [0.05, 0.1) is 18.8 Å². The maximum atomic E-state index is 11.9. The molecule has 102 valence electrons. The van der Waals surface area contributed by atoms with E-state index in [9.17, 15) is 21.6 Å². The van der Waals surface area contributed by atoms with Crippen molar-refractivity contribution in [3.63, 3.8) is 0 Å². The van der Waals surface area contributed by atoms with Crippen LogP contribution in [0.2, 0.25) is 0 Å². The molecule has 18 heavy (non-hydrogen) atoms. The number of hydrogen-bond donors (Lipinski definition) is 3. The van der Waals surface area contributed by atoms with Gasteiger partial charge in [0, 0.05) is 6.54 Å². The number of halogens is 3. The molecule has 0 aromatic carbocycles. The SMILES string of the molecule is NNc1ncc(S(=O)(=O)NCCC(F)(F)F)cn1. The summed E-state index contributed by atoms with van der Waals surface area (Å²) in [6.45, 7) is -0.747. The van der Waals surface area contributed by atoms with Crippen molar-refractivity contribution in [1.82, 2.24) is 14.7 Å². The molecule has 0 atom stereocenters. The number of nitrogen functional groups attached to an aromatic ring is 1. The van der Waals surface area contributed by atoms with Crippen LogP contribution in [0, 0.1) is 0 Å². The number of aromatic nitrogens is 2. The fraction of sp³-hybridized carbons (Fsp3) is 0.429. The van der Waals surface area contributed by atoms with E-state index < -0.39 is 29.2 Å². The number of hydrogen-bond acceptors (Lipinski definition) is 6. The summed E-state index contributed by atoms with van der Waals surface area (Å²) in [6, 6.07) is 0. The minimum atomic E-state index is -4.42. The van der Waals surface area contributed by atoms with E-state index >= 15 is 0 Å². The lowest BCUT2D eigenvalue weighted by Crippen LogP contribution is -2.28. The van der Waals surface area contributed by atoms with Gasteiger partial charge in [-0.25, -0.2) is 29.0 Å². The molecule has 0 amide bonds. The molecule has 0 bridgehead atoms. The number of rotatable bonds is 5. The Bertz CT molecular complexity index is 487. The summed E-state index contributed by atoms with van der Waals surface area (Å²) >= 11 is 0. The second-order valence-corrected chi connectivity index (χ2v) is 4.92. The zero-order chi connectivity index (χ0) is 13.8. The Morgan fingerprint density at radius 1 is 1.28 bits per heavy atom. The number of nitrogens with zero attached hydrogens (tertiary/aromatic N) is 2. The second-order valence-electron chi connectivity index (χ2n) is 3.15. The van der Waals surface area contributed by atoms with Crippen LogP contribution in [-0.4, -0.2) is 31.1 Å². The van der Waals surface area contributed by atoms with E-state index in [1.54, 1.807) is 4.72 Å². The van der Waals surface area contributed by atoms with Crippen LogP contribution in [0.25, 0.3) is 0 Å². The normalized spacial score (nSPS) is 12.4. The molecule has 1 rings (SSSR count). The zero-order valence-corrected chi connectivity index (χ0v) is 9.72. The van der Waals surface area contributed by atoms with Gasteiger partial charge in [-0.2, -0.15) is 13.2 Å². The molecule has 0 radical (unpaired) electrons. The molecule has 0 aliphatic rings. The predicted octanol–water partition coefficient (Wildman–Crippen LogP) is -0.00710. The Hall–Kier alpha value is -1.46. The second kappa shape index (κ2) is 5.46. The van der Waals surface area contributed by atoms with E-state index in [-0.39, 0.29) is 10.8 Å². The average molecular weight is 285 g/mol. The molecule has 7 nitrogen and oxygen atoms in total. The van der Waals surface area contributed by atoms with Crippen molar-refractivity contribution in [3.8, 4) is 0 Å². The van der Waals surface area contributed by atoms with E-state index in [1.165, 1.54) is 0 Å². The molecular formula is C7H10F3N5O2S. The van der Waals surface area contributed by atoms with E-state index in [4.69, 9.17) is 5.84 Å². The van der Waals surface area contributed by atoms with E-state index in [0.29, 0.717) is 0 Å². The third-order valence-electron chi connectivity index (χ3n) is 1.77. The van der Waals surface area contributed by atoms with Crippen LogP contribution in [0.3, 0.4) is 0 Å². The number of alkyl halides is 3. The first-order chi connectivity index (χ1) is 8.24. The number of nitrogens with two attached hydrogens (primary N) is 1. The third kappa shape index (κ3) is 4.43. The summed E-state index contributed by atoms with van der Waals surface area (Å²) in [6.07, 6.45) is -3.82. The fourth-order valence-electron chi connectivity index (χ4n) is 0.940. The molecule has 0 aliphatic heterocycles. The van der Waals surface area contributed by atoms with Gasteiger partial charge < -0.3 is 0 Å². The molecule has 0 saturated heterocycles. The van der Waals surface area contributed by atoms with Crippen LogP contribution >= 0.6 is 0 Å². The monoisotopic (exact) mass is 285 g/mol. The molecule has 0 aliphatic carbocycles. The van der Waals surface area contributed by atoms with Crippen molar-refractivity contribution in [1.29, 1.82) is 0 Å². The molecule has 1 aromatic heterocycles. The summed E-state index contributed by atoms with van der Waals surface area (Å²) in [5.41, 5.74) is 2.08. The van der Waals surface area contributed by atoms with Crippen LogP contribution in [0.5, 0.6) is 0 Å². The van der Waals surface area contributed by atoms with Crippen LogP contribution in [0.1, 0.15) is 6.42 Å². The maximum Gasteiger partial charge on any atom is 0.390 e. The van der Waals surface area contributed by atoms with Gasteiger partial charge in [0.25, 0.3) is 0 Å². The Kier molecular flexibility index (Phi) is 4.43. The number of sulfonamides is 1. The maximum absolute atomic E-state index is 11.9. The third-order valence-corrected chi connectivity index (χ3v) is 3.18. The Balaban J connectivity index is 2.68. The van der Waals surface area contributed by atoms with Gasteiger partial charge in [-0.05, 0) is 0 Å². The average Bonchev–Trinajstić information content (AvgIpc) is 2.27. The summed E-state index contributed by atoms with van der Waals surface area (Å²) in [4.78, 5) is 6.72. The van der Waals surface area contributed by atoms with Gasteiger partial charge >= 0.3 is 6.18 Å². The van der Waals surface area contributed by atoms with E-state index in [1.807, 2.05) is 0 Å². The van der Waals surface area contributed by atoms with Crippen molar-refractivity contribution in [2.45, 2.75) is 17.5 Å². The quantitative estimate of drug-likeness (QED) is 0.518. The smallest absolute Gasteiger partial charge is 0.292 e. The van der Waals surface area contributed by atoms with Crippen molar-refractivity contribution in [2.24, 2.45) is 5.84 Å². The molecule has 1 aromatic rings. The van der Waals surface area contributed by atoms with Gasteiger partial charge in [0.15, 0.2) is 0 Å². The first kappa shape index (κ1) is 14.6. The first-order valence-corrected chi connectivity index (χ1v) is 6.08. The van der Waals surface area contributed by atoms with Crippen molar-refractivity contribution in [3.05, 3.63) is 12.4 Å². The summed E-state index contributed by atoms with van der Waals surface area (Å²) < 4.78 is 60.4. The highest BCUT2D eigenvalue weighted by Crippen LogP contribution is 2.18. The minimum absolute atomic E-state index is 0.00996. The highest BCUT2D eigenvalue weighted by Gasteiger charge is 2.27. The molecular weight excluding hydrogens is 275 g/mol. The predicted molar refractivity (Wildman–Crippen MR) is 55.7 cm³/mol. The largest absolute Gasteiger partial charge is 0.390 e. The molecule has 4 N–H and O–H groups in total. The van der Waals surface area contributed by atoms with Crippen LogP contribution in [0.4, 0.5) is 19.1 Å². The van der Waals surface area contributed by atoms with Gasteiger partial charge in [0.1, 0.15) is 4.90 Å². The zero-order valence-electron chi connectivity index (χ0n) is 8.90. The summed E-state index contributed by atoms with van der Waals surface area (Å²) in [5.74, 6) is 4.96. The van der Waals surface area contributed by atoms with Crippen LogP contribution in [-0.2, 0) is 10.0 Å². The topological polar surface area (TPSA) is 110 Å². The van der Waals surface area contributed by atoms with Crippen LogP contribution < -0.4 is 16.0 Å². The molecule has 11 heteroatoms. The standard InChI is InChI=1S/C7H10F3N5O2S/c8-7(9,10)1-2-14-18(16,17)5-3-12-6(15-11)13-4-5/h3-4,14H,1-2,11H2,(H,12,13,15). The Labute approximate surface area is 101 Å². The highest BCUT2D eigenvalue weighted by atomic mass is 32.2. The van der Waals surface area contributed by atoms with Crippen molar-refractivity contribution in [2.75, 3.05) is 12.0 Å². The summed E-state index contributed by atoms with van der Waals surface area (Å²) in [7, 11) is -4.05. The number of anilines is 1. The Morgan fingerprint density at radius 3 is 2.28 bits per heavy atom. The van der Waals surface area contributed by atoms with Crippen LogP contribution in [0.15, 0.2) is 17.3 Å². The minimum Gasteiger partial charge on any atom is -0.292 e.